The number of nitrogens with zero attached hydrogens (tertiary/aromatic N) is 3. The fourth-order valence-electron chi connectivity index (χ4n) is 1.34. The SMILES string of the molecule is CCC(C/C(N)=N/O)n1cc(C)cn1. The number of nitrogens with two attached hydrogens (primary N) is 1. The molecule has 1 atom stereocenters. The Labute approximate surface area is 83.2 Å². The molecule has 0 radical (unpaired) electrons. The van der Waals surface area contributed by atoms with Crippen LogP contribution in [0.5, 0.6) is 0 Å². The van der Waals surface area contributed by atoms with Gasteiger partial charge in [-0.15, -0.1) is 0 Å². The summed E-state index contributed by atoms with van der Waals surface area (Å²) >= 11 is 0. The van der Waals surface area contributed by atoms with Crippen LogP contribution in [0.4, 0.5) is 0 Å². The molecule has 1 heterocycles. The highest BCUT2D eigenvalue weighted by Gasteiger charge is 2.11. The van der Waals surface area contributed by atoms with Gasteiger partial charge >= 0.3 is 0 Å². The standard InChI is InChI=1S/C9H16N4O/c1-3-8(4-9(10)12-14)13-6-7(2)5-11-13/h5-6,8,14H,3-4H2,1-2H3,(H2,10,12). The fourth-order valence-corrected chi connectivity index (χ4v) is 1.34. The molecule has 0 aromatic carbocycles. The van der Waals surface area contributed by atoms with Crippen LogP contribution < -0.4 is 5.73 Å². The maximum absolute atomic E-state index is 8.46. The van der Waals surface area contributed by atoms with Crippen LogP contribution in [0.1, 0.15) is 31.4 Å². The summed E-state index contributed by atoms with van der Waals surface area (Å²) in [6.07, 6.45) is 5.18. The van der Waals surface area contributed by atoms with Crippen molar-refractivity contribution in [2.24, 2.45) is 10.9 Å². The van der Waals surface area contributed by atoms with Gasteiger partial charge in [-0.1, -0.05) is 12.1 Å². The molecule has 3 N–H and O–H groups in total. The highest BCUT2D eigenvalue weighted by atomic mass is 16.4. The Bertz CT molecular complexity index is 318. The minimum absolute atomic E-state index is 0.166. The number of hydrogen-bond acceptors (Lipinski definition) is 3. The van der Waals surface area contributed by atoms with Crippen molar-refractivity contribution >= 4 is 5.84 Å². The van der Waals surface area contributed by atoms with Crippen molar-refractivity contribution in [3.05, 3.63) is 18.0 Å². The highest BCUT2D eigenvalue weighted by Crippen LogP contribution is 2.15. The van der Waals surface area contributed by atoms with Crippen molar-refractivity contribution in [2.75, 3.05) is 0 Å². The molecule has 78 valence electrons. The zero-order valence-corrected chi connectivity index (χ0v) is 8.51. The summed E-state index contributed by atoms with van der Waals surface area (Å²) in [6.45, 7) is 4.03. The number of rotatable bonds is 4. The number of aryl methyl sites for hydroxylation is 1. The van der Waals surface area contributed by atoms with Gasteiger partial charge in [0.15, 0.2) is 0 Å². The predicted octanol–water partition coefficient (Wildman–Crippen LogP) is 1.28. The average Bonchev–Trinajstić information content (AvgIpc) is 2.60. The van der Waals surface area contributed by atoms with E-state index in [1.807, 2.05) is 24.7 Å². The summed E-state index contributed by atoms with van der Waals surface area (Å²) in [7, 11) is 0. The lowest BCUT2D eigenvalue weighted by Gasteiger charge is -2.14. The van der Waals surface area contributed by atoms with Crippen LogP contribution in [-0.2, 0) is 0 Å². The summed E-state index contributed by atoms with van der Waals surface area (Å²) in [5.74, 6) is 0.241. The van der Waals surface area contributed by atoms with Crippen molar-refractivity contribution in [2.45, 2.75) is 32.7 Å². The van der Waals surface area contributed by atoms with E-state index in [-0.39, 0.29) is 11.9 Å². The number of amidine groups is 1. The van der Waals surface area contributed by atoms with E-state index in [9.17, 15) is 0 Å². The Morgan fingerprint density at radius 2 is 2.50 bits per heavy atom. The van der Waals surface area contributed by atoms with Gasteiger partial charge in [0, 0.05) is 12.6 Å². The van der Waals surface area contributed by atoms with Gasteiger partial charge < -0.3 is 10.9 Å². The van der Waals surface area contributed by atoms with Crippen LogP contribution in [0.15, 0.2) is 17.5 Å². The molecule has 0 aliphatic rings. The van der Waals surface area contributed by atoms with E-state index in [2.05, 4.69) is 10.3 Å². The maximum Gasteiger partial charge on any atom is 0.141 e. The lowest BCUT2D eigenvalue weighted by molar-refractivity contribution is 0.314. The van der Waals surface area contributed by atoms with Crippen molar-refractivity contribution in [3.8, 4) is 0 Å². The zero-order chi connectivity index (χ0) is 10.6. The molecule has 0 aliphatic heterocycles. The summed E-state index contributed by atoms with van der Waals surface area (Å²) in [6, 6.07) is 0.166. The van der Waals surface area contributed by atoms with Gasteiger partial charge in [-0.2, -0.15) is 5.10 Å². The summed E-state index contributed by atoms with van der Waals surface area (Å²) < 4.78 is 1.85. The van der Waals surface area contributed by atoms with Gasteiger partial charge in [0.2, 0.25) is 0 Å². The molecular weight excluding hydrogens is 180 g/mol. The number of oxime groups is 1. The highest BCUT2D eigenvalue weighted by molar-refractivity contribution is 5.79. The van der Waals surface area contributed by atoms with Crippen LogP contribution in [-0.4, -0.2) is 20.8 Å². The first-order chi connectivity index (χ1) is 6.67. The van der Waals surface area contributed by atoms with Gasteiger partial charge in [0.05, 0.1) is 12.2 Å². The number of aromatic nitrogens is 2. The average molecular weight is 196 g/mol. The van der Waals surface area contributed by atoms with E-state index in [4.69, 9.17) is 10.9 Å². The summed E-state index contributed by atoms with van der Waals surface area (Å²) in [5.41, 5.74) is 6.57. The maximum atomic E-state index is 8.46. The van der Waals surface area contributed by atoms with Crippen molar-refractivity contribution < 1.29 is 5.21 Å². The third kappa shape index (κ3) is 2.48. The molecule has 0 amide bonds. The molecule has 0 bridgehead atoms. The van der Waals surface area contributed by atoms with Crippen LogP contribution >= 0.6 is 0 Å². The summed E-state index contributed by atoms with van der Waals surface area (Å²) in [4.78, 5) is 0. The molecular formula is C9H16N4O. The Balaban J connectivity index is 2.72. The second-order valence-electron chi connectivity index (χ2n) is 3.36. The van der Waals surface area contributed by atoms with Gasteiger partial charge in [0.1, 0.15) is 5.84 Å². The molecule has 1 aromatic rings. The third-order valence-electron chi connectivity index (χ3n) is 2.15. The van der Waals surface area contributed by atoms with E-state index in [0.717, 1.165) is 12.0 Å². The molecule has 1 rings (SSSR count). The predicted molar refractivity (Wildman–Crippen MR) is 54.3 cm³/mol. The fraction of sp³-hybridized carbons (Fsp3) is 0.556. The van der Waals surface area contributed by atoms with E-state index < -0.39 is 0 Å². The van der Waals surface area contributed by atoms with E-state index >= 15 is 0 Å². The van der Waals surface area contributed by atoms with Crippen molar-refractivity contribution in [1.82, 2.24) is 9.78 Å². The first-order valence-corrected chi connectivity index (χ1v) is 4.64. The molecule has 0 fully saturated rings. The van der Waals surface area contributed by atoms with Crippen LogP contribution in [0.3, 0.4) is 0 Å². The molecule has 5 nitrogen and oxygen atoms in total. The lowest BCUT2D eigenvalue weighted by atomic mass is 10.1. The first-order valence-electron chi connectivity index (χ1n) is 4.64. The second-order valence-corrected chi connectivity index (χ2v) is 3.36. The second kappa shape index (κ2) is 4.64. The molecule has 0 aliphatic carbocycles. The summed E-state index contributed by atoms with van der Waals surface area (Å²) in [5, 5.41) is 15.6. The van der Waals surface area contributed by atoms with Crippen molar-refractivity contribution in [3.63, 3.8) is 0 Å². The Hall–Kier alpha value is -1.52. The largest absolute Gasteiger partial charge is 0.409 e. The number of hydrogen-bond donors (Lipinski definition) is 2. The topological polar surface area (TPSA) is 76.4 Å². The quantitative estimate of drug-likeness (QED) is 0.329. The van der Waals surface area contributed by atoms with Crippen molar-refractivity contribution in [1.29, 1.82) is 0 Å². The first kappa shape index (κ1) is 10.6. The van der Waals surface area contributed by atoms with Gasteiger partial charge in [0.25, 0.3) is 0 Å². The van der Waals surface area contributed by atoms with Gasteiger partial charge in [-0.25, -0.2) is 0 Å². The zero-order valence-electron chi connectivity index (χ0n) is 8.51. The molecule has 14 heavy (non-hydrogen) atoms. The molecule has 0 spiro atoms. The smallest absolute Gasteiger partial charge is 0.141 e. The Kier molecular flexibility index (Phi) is 3.50. The molecule has 0 saturated heterocycles. The Morgan fingerprint density at radius 1 is 1.79 bits per heavy atom. The molecule has 1 unspecified atom stereocenters. The molecule has 1 aromatic heterocycles. The van der Waals surface area contributed by atoms with E-state index in [1.165, 1.54) is 0 Å². The normalized spacial score (nSPS) is 14.3. The Morgan fingerprint density at radius 3 is 2.93 bits per heavy atom. The van der Waals surface area contributed by atoms with E-state index in [1.54, 1.807) is 6.20 Å². The lowest BCUT2D eigenvalue weighted by Crippen LogP contribution is -2.19. The van der Waals surface area contributed by atoms with Gasteiger partial charge in [-0.05, 0) is 18.9 Å². The molecule has 0 saturated carbocycles. The third-order valence-corrected chi connectivity index (χ3v) is 2.15. The van der Waals surface area contributed by atoms with E-state index in [0.29, 0.717) is 6.42 Å². The monoisotopic (exact) mass is 196 g/mol. The minimum atomic E-state index is 0.166. The minimum Gasteiger partial charge on any atom is -0.409 e. The van der Waals surface area contributed by atoms with Gasteiger partial charge in [-0.3, -0.25) is 4.68 Å². The van der Waals surface area contributed by atoms with Crippen LogP contribution in [0.25, 0.3) is 0 Å². The van der Waals surface area contributed by atoms with Crippen LogP contribution in [0.2, 0.25) is 0 Å². The van der Waals surface area contributed by atoms with Crippen LogP contribution in [0, 0.1) is 6.92 Å². The molecule has 5 heteroatoms.